The number of amides is 1. The molecule has 1 aliphatic heterocycles. The third kappa shape index (κ3) is 4.93. The number of hydrogen-bond donors (Lipinski definition) is 2. The first-order valence-electron chi connectivity index (χ1n) is 9.58. The summed E-state index contributed by atoms with van der Waals surface area (Å²) in [6.45, 7) is 8.71. The van der Waals surface area contributed by atoms with Crippen molar-refractivity contribution >= 4 is 21.4 Å². The van der Waals surface area contributed by atoms with Gasteiger partial charge in [0.15, 0.2) is 9.84 Å². The first-order chi connectivity index (χ1) is 12.9. The van der Waals surface area contributed by atoms with Crippen LogP contribution < -0.4 is 15.4 Å². The molecule has 152 valence electrons. The molecule has 1 aliphatic rings. The lowest BCUT2D eigenvalue weighted by Gasteiger charge is -2.23. The Bertz CT molecular complexity index is 764. The highest BCUT2D eigenvalue weighted by molar-refractivity contribution is 7.91. The second-order valence-electron chi connectivity index (χ2n) is 6.62. The number of likely N-dealkylation sites (tertiary alicyclic amines) is 1. The third-order valence-electron chi connectivity index (χ3n) is 5.03. The minimum atomic E-state index is -3.48. The van der Waals surface area contributed by atoms with E-state index in [1.807, 2.05) is 6.92 Å². The van der Waals surface area contributed by atoms with Crippen LogP contribution in [0.4, 0.5) is 5.69 Å². The second-order valence-corrected chi connectivity index (χ2v) is 8.86. The number of carbonyl (C=O) groups is 1. The predicted octanol–water partition coefficient (Wildman–Crippen LogP) is 2.13. The van der Waals surface area contributed by atoms with Crippen molar-refractivity contribution in [2.75, 3.05) is 44.4 Å². The second kappa shape index (κ2) is 9.41. The molecule has 1 aromatic rings. The largest absolute Gasteiger partial charge is 0.496 e. The zero-order chi connectivity index (χ0) is 20.0. The van der Waals surface area contributed by atoms with Gasteiger partial charge < -0.3 is 15.4 Å². The van der Waals surface area contributed by atoms with Crippen molar-refractivity contribution in [1.82, 2.24) is 10.2 Å². The smallest absolute Gasteiger partial charge is 0.255 e. The van der Waals surface area contributed by atoms with Crippen molar-refractivity contribution in [3.8, 4) is 5.75 Å². The highest BCUT2D eigenvalue weighted by Crippen LogP contribution is 2.31. The van der Waals surface area contributed by atoms with Gasteiger partial charge in [-0.15, -0.1) is 0 Å². The van der Waals surface area contributed by atoms with Crippen LogP contribution in [0, 0.1) is 0 Å². The Balaban J connectivity index is 2.31. The van der Waals surface area contributed by atoms with Crippen LogP contribution in [0.25, 0.3) is 0 Å². The molecular formula is C19H31N3O4S. The van der Waals surface area contributed by atoms with Crippen molar-refractivity contribution in [1.29, 1.82) is 0 Å². The summed E-state index contributed by atoms with van der Waals surface area (Å²) in [7, 11) is -2.00. The average molecular weight is 398 g/mol. The number of carbonyl (C=O) groups excluding carboxylic acids is 1. The molecule has 0 bridgehead atoms. The van der Waals surface area contributed by atoms with E-state index in [-0.39, 0.29) is 22.1 Å². The molecule has 1 amide bonds. The van der Waals surface area contributed by atoms with Crippen molar-refractivity contribution in [3.63, 3.8) is 0 Å². The van der Waals surface area contributed by atoms with Crippen LogP contribution in [0.5, 0.6) is 5.75 Å². The molecule has 1 saturated heterocycles. The Kier molecular flexibility index (Phi) is 7.49. The van der Waals surface area contributed by atoms with Gasteiger partial charge in [0, 0.05) is 25.2 Å². The maximum absolute atomic E-state index is 12.8. The van der Waals surface area contributed by atoms with Crippen LogP contribution >= 0.6 is 0 Å². The number of rotatable bonds is 9. The Morgan fingerprint density at radius 2 is 2.04 bits per heavy atom. The Labute approximate surface area is 162 Å². The molecule has 8 heteroatoms. The highest BCUT2D eigenvalue weighted by Gasteiger charge is 2.26. The number of ether oxygens (including phenoxy) is 1. The molecule has 2 rings (SSSR count). The van der Waals surface area contributed by atoms with Gasteiger partial charge in [0.2, 0.25) is 0 Å². The van der Waals surface area contributed by atoms with Crippen molar-refractivity contribution in [2.24, 2.45) is 0 Å². The minimum absolute atomic E-state index is 0.0354. The van der Waals surface area contributed by atoms with E-state index in [0.717, 1.165) is 25.9 Å². The maximum Gasteiger partial charge on any atom is 0.255 e. The summed E-state index contributed by atoms with van der Waals surface area (Å²) >= 11 is 0. The topological polar surface area (TPSA) is 87.7 Å². The summed E-state index contributed by atoms with van der Waals surface area (Å²) in [6, 6.07) is 3.34. The van der Waals surface area contributed by atoms with Crippen LogP contribution in [-0.2, 0) is 9.84 Å². The Morgan fingerprint density at radius 1 is 1.30 bits per heavy atom. The summed E-state index contributed by atoms with van der Waals surface area (Å²) in [5, 5.41) is 6.00. The first-order valence-corrected chi connectivity index (χ1v) is 11.2. The predicted molar refractivity (Wildman–Crippen MR) is 107 cm³/mol. The van der Waals surface area contributed by atoms with E-state index in [0.29, 0.717) is 30.6 Å². The molecular weight excluding hydrogens is 366 g/mol. The number of methoxy groups -OCH3 is 1. The zero-order valence-electron chi connectivity index (χ0n) is 16.7. The third-order valence-corrected chi connectivity index (χ3v) is 6.80. The molecule has 1 unspecified atom stereocenters. The van der Waals surface area contributed by atoms with Gasteiger partial charge in [0.1, 0.15) is 5.75 Å². The molecule has 1 atom stereocenters. The lowest BCUT2D eigenvalue weighted by Crippen LogP contribution is -2.40. The lowest BCUT2D eigenvalue weighted by atomic mass is 10.1. The van der Waals surface area contributed by atoms with Crippen molar-refractivity contribution in [3.05, 3.63) is 17.7 Å². The summed E-state index contributed by atoms with van der Waals surface area (Å²) in [5.74, 6) is 0.00875. The molecule has 2 N–H and O–H groups in total. The fourth-order valence-electron chi connectivity index (χ4n) is 3.50. The maximum atomic E-state index is 12.8. The van der Waals surface area contributed by atoms with Crippen molar-refractivity contribution in [2.45, 2.75) is 44.6 Å². The van der Waals surface area contributed by atoms with Crippen LogP contribution in [0.1, 0.15) is 44.0 Å². The van der Waals surface area contributed by atoms with Crippen LogP contribution in [0.2, 0.25) is 0 Å². The molecule has 0 saturated carbocycles. The van der Waals surface area contributed by atoms with E-state index < -0.39 is 9.84 Å². The van der Waals surface area contributed by atoms with E-state index in [1.165, 1.54) is 13.2 Å². The zero-order valence-corrected chi connectivity index (χ0v) is 17.5. The van der Waals surface area contributed by atoms with Crippen LogP contribution in [-0.4, -0.2) is 64.3 Å². The normalized spacial score (nSPS) is 17.7. The lowest BCUT2D eigenvalue weighted by molar-refractivity contribution is 0.0938. The molecule has 0 radical (unpaired) electrons. The fraction of sp³-hybridized carbons (Fsp3) is 0.632. The molecule has 1 aromatic carbocycles. The number of likely N-dealkylation sites (N-methyl/N-ethyl adjacent to an activating group) is 1. The molecule has 1 fully saturated rings. The van der Waals surface area contributed by atoms with E-state index in [9.17, 15) is 13.2 Å². The van der Waals surface area contributed by atoms with Gasteiger partial charge in [0.05, 0.1) is 29.0 Å². The number of nitrogens with zero attached hydrogens (tertiary/aromatic N) is 1. The first kappa shape index (κ1) is 21.5. The standard InChI is InChI=1S/C19H31N3O4S/c1-5-20-16-12-17(26-4)15(11-18(16)27(24,25)7-3)19(23)21-13-14-9-8-10-22(14)6-2/h11-12,14,20H,5-10,13H2,1-4H3,(H,21,23). The molecule has 7 nitrogen and oxygen atoms in total. The number of hydrogen-bond acceptors (Lipinski definition) is 6. The molecule has 0 spiro atoms. The van der Waals surface area contributed by atoms with Gasteiger partial charge >= 0.3 is 0 Å². The summed E-state index contributed by atoms with van der Waals surface area (Å²) in [4.78, 5) is 15.3. The van der Waals surface area contributed by atoms with Crippen LogP contribution in [0.15, 0.2) is 17.0 Å². The summed E-state index contributed by atoms with van der Waals surface area (Å²) < 4.78 is 30.4. The van der Waals surface area contributed by atoms with E-state index in [2.05, 4.69) is 22.5 Å². The summed E-state index contributed by atoms with van der Waals surface area (Å²) in [5.41, 5.74) is 0.702. The molecule has 1 heterocycles. The quantitative estimate of drug-likeness (QED) is 0.664. The fourth-order valence-corrected chi connectivity index (χ4v) is 4.57. The van der Waals surface area contributed by atoms with Gasteiger partial charge in [-0.25, -0.2) is 8.42 Å². The molecule has 0 aliphatic carbocycles. The van der Waals surface area contributed by atoms with E-state index >= 15 is 0 Å². The Hall–Kier alpha value is -1.80. The number of sulfone groups is 1. The molecule has 27 heavy (non-hydrogen) atoms. The molecule has 0 aromatic heterocycles. The highest BCUT2D eigenvalue weighted by atomic mass is 32.2. The average Bonchev–Trinajstić information content (AvgIpc) is 3.13. The van der Waals surface area contributed by atoms with Gasteiger partial charge in [-0.2, -0.15) is 0 Å². The Morgan fingerprint density at radius 3 is 2.63 bits per heavy atom. The van der Waals surface area contributed by atoms with Crippen LogP contribution in [0.3, 0.4) is 0 Å². The van der Waals surface area contributed by atoms with Gasteiger partial charge in [-0.1, -0.05) is 13.8 Å². The number of anilines is 1. The number of nitrogens with one attached hydrogen (secondary N) is 2. The van der Waals surface area contributed by atoms with Gasteiger partial charge in [-0.05, 0) is 38.9 Å². The monoisotopic (exact) mass is 397 g/mol. The minimum Gasteiger partial charge on any atom is -0.496 e. The van der Waals surface area contributed by atoms with Gasteiger partial charge in [-0.3, -0.25) is 9.69 Å². The number of benzene rings is 1. The SMILES string of the molecule is CCNc1cc(OC)c(C(=O)NCC2CCCN2CC)cc1S(=O)(=O)CC. The van der Waals surface area contributed by atoms with Gasteiger partial charge in [0.25, 0.3) is 5.91 Å². The van der Waals surface area contributed by atoms with E-state index in [1.54, 1.807) is 13.0 Å². The van der Waals surface area contributed by atoms with E-state index in [4.69, 9.17) is 4.74 Å². The van der Waals surface area contributed by atoms with Crippen molar-refractivity contribution < 1.29 is 17.9 Å². The summed E-state index contributed by atoms with van der Waals surface area (Å²) in [6.07, 6.45) is 2.19.